The number of carboxylic acids is 1. The number of nitrogens with one attached hydrogen (secondary N) is 1. The van der Waals surface area contributed by atoms with Crippen molar-refractivity contribution >= 4 is 23.4 Å². The van der Waals surface area contributed by atoms with E-state index >= 15 is 0 Å². The van der Waals surface area contributed by atoms with Gasteiger partial charge in [0.1, 0.15) is 5.82 Å². The summed E-state index contributed by atoms with van der Waals surface area (Å²) in [4.78, 5) is 30.2. The minimum absolute atomic E-state index is 0.0155. The Morgan fingerprint density at radius 2 is 1.91 bits per heavy atom. The minimum Gasteiger partial charge on any atom is -0.498 e. The van der Waals surface area contributed by atoms with Gasteiger partial charge < -0.3 is 20.1 Å². The molecule has 2 N–H and O–H groups in total. The number of pyridine rings is 1. The van der Waals surface area contributed by atoms with Crippen LogP contribution in [0.25, 0.3) is 0 Å². The predicted molar refractivity (Wildman–Crippen MR) is 132 cm³/mol. The first kappa shape index (κ1) is 23.5. The Morgan fingerprint density at radius 3 is 2.62 bits per heavy atom. The van der Waals surface area contributed by atoms with Crippen molar-refractivity contribution in [2.45, 2.75) is 38.5 Å². The lowest BCUT2D eigenvalue weighted by atomic mass is 9.97. The number of hydrogen-bond acceptors (Lipinski definition) is 5. The zero-order chi connectivity index (χ0) is 23.8. The van der Waals surface area contributed by atoms with E-state index in [0.717, 1.165) is 49.5 Å². The third-order valence-electron chi connectivity index (χ3n) is 6.28. The second-order valence-electron chi connectivity index (χ2n) is 8.79. The molecule has 1 saturated heterocycles. The molecular weight excluding hydrogens is 430 g/mol. The molecular formula is C27H31N3O4. The number of hydrogen-bond donors (Lipinski definition) is 2. The van der Waals surface area contributed by atoms with Crippen molar-refractivity contribution in [2.24, 2.45) is 5.92 Å². The summed E-state index contributed by atoms with van der Waals surface area (Å²) < 4.78 is 5.93. The molecule has 178 valence electrons. The van der Waals surface area contributed by atoms with Gasteiger partial charge in [0.25, 0.3) is 0 Å². The Labute approximate surface area is 200 Å². The first-order valence-corrected chi connectivity index (χ1v) is 11.9. The van der Waals surface area contributed by atoms with E-state index in [1.807, 2.05) is 42.5 Å². The van der Waals surface area contributed by atoms with Gasteiger partial charge in [0, 0.05) is 25.9 Å². The fraction of sp³-hybridized carbons (Fsp3) is 0.370. The molecule has 0 spiro atoms. The van der Waals surface area contributed by atoms with Crippen molar-refractivity contribution in [1.82, 2.24) is 4.98 Å². The Bertz CT molecular complexity index is 1040. The first-order chi connectivity index (χ1) is 16.6. The van der Waals surface area contributed by atoms with Crippen molar-refractivity contribution in [3.8, 4) is 0 Å². The number of carbonyl (C=O) groups is 2. The molecule has 4 rings (SSSR count). The van der Waals surface area contributed by atoms with Gasteiger partial charge in [0.05, 0.1) is 29.8 Å². The van der Waals surface area contributed by atoms with Gasteiger partial charge in [-0.3, -0.25) is 4.79 Å². The molecule has 1 aliphatic carbocycles. The van der Waals surface area contributed by atoms with Crippen LogP contribution in [-0.4, -0.2) is 41.7 Å². The van der Waals surface area contributed by atoms with Crippen LogP contribution in [0.1, 0.15) is 37.7 Å². The average Bonchev–Trinajstić information content (AvgIpc) is 2.88. The monoisotopic (exact) mass is 461 g/mol. The summed E-state index contributed by atoms with van der Waals surface area (Å²) in [6.07, 6.45) is 9.71. The number of aliphatic carboxylic acids is 1. The molecule has 0 atom stereocenters. The second kappa shape index (κ2) is 11.5. The largest absolute Gasteiger partial charge is 0.498 e. The molecule has 7 heteroatoms. The fourth-order valence-corrected chi connectivity index (χ4v) is 4.26. The maximum Gasteiger partial charge on any atom is 0.335 e. The summed E-state index contributed by atoms with van der Waals surface area (Å²) in [5, 5.41) is 12.1. The predicted octanol–water partition coefficient (Wildman–Crippen LogP) is 4.57. The molecule has 1 aromatic heterocycles. The summed E-state index contributed by atoms with van der Waals surface area (Å²) >= 11 is 0. The van der Waals surface area contributed by atoms with Gasteiger partial charge in [-0.15, -0.1) is 0 Å². The highest BCUT2D eigenvalue weighted by Gasteiger charge is 2.22. The van der Waals surface area contributed by atoms with Crippen LogP contribution >= 0.6 is 0 Å². The number of carbonyl (C=O) groups excluding carboxylic acids is 1. The number of piperidine rings is 1. The normalized spacial score (nSPS) is 16.4. The third kappa shape index (κ3) is 6.70. The van der Waals surface area contributed by atoms with Crippen LogP contribution in [0.2, 0.25) is 0 Å². The minimum atomic E-state index is -0.903. The summed E-state index contributed by atoms with van der Waals surface area (Å²) in [5.41, 5.74) is 2.18. The van der Waals surface area contributed by atoms with Gasteiger partial charge in [0.2, 0.25) is 5.91 Å². The number of benzene rings is 1. The topological polar surface area (TPSA) is 91.8 Å². The second-order valence-corrected chi connectivity index (χ2v) is 8.79. The summed E-state index contributed by atoms with van der Waals surface area (Å²) in [7, 11) is 0. The Hall–Kier alpha value is -3.61. The number of carboxylic acid groups (broad SMARTS) is 1. The molecule has 1 aliphatic heterocycles. The van der Waals surface area contributed by atoms with Gasteiger partial charge in [-0.1, -0.05) is 36.4 Å². The molecule has 0 bridgehead atoms. The van der Waals surface area contributed by atoms with Gasteiger partial charge in [0.15, 0.2) is 0 Å². The molecule has 0 unspecified atom stereocenters. The summed E-state index contributed by atoms with van der Waals surface area (Å²) in [5.74, 6) is 1.20. The number of aryl methyl sites for hydroxylation is 1. The molecule has 1 amide bonds. The molecule has 7 nitrogen and oxygen atoms in total. The molecule has 1 fully saturated rings. The number of rotatable bonds is 9. The maximum absolute atomic E-state index is 12.2. The molecule has 2 heterocycles. The molecule has 2 aliphatic rings. The molecule has 34 heavy (non-hydrogen) atoms. The lowest BCUT2D eigenvalue weighted by molar-refractivity contribution is -0.132. The highest BCUT2D eigenvalue weighted by Crippen LogP contribution is 2.25. The number of anilines is 2. The smallest absolute Gasteiger partial charge is 0.335 e. The highest BCUT2D eigenvalue weighted by atomic mass is 16.5. The van der Waals surface area contributed by atoms with Crippen molar-refractivity contribution in [3.63, 3.8) is 0 Å². The van der Waals surface area contributed by atoms with Crippen molar-refractivity contribution < 1.29 is 19.4 Å². The van der Waals surface area contributed by atoms with E-state index in [-0.39, 0.29) is 5.91 Å². The summed E-state index contributed by atoms with van der Waals surface area (Å²) in [6.45, 7) is 2.40. The molecule has 0 saturated carbocycles. The van der Waals surface area contributed by atoms with E-state index in [9.17, 15) is 9.59 Å². The van der Waals surface area contributed by atoms with Crippen molar-refractivity contribution in [1.29, 1.82) is 0 Å². The average molecular weight is 462 g/mol. The van der Waals surface area contributed by atoms with E-state index in [4.69, 9.17) is 9.84 Å². The van der Waals surface area contributed by atoms with Gasteiger partial charge >= 0.3 is 5.97 Å². The van der Waals surface area contributed by atoms with Crippen LogP contribution in [0, 0.1) is 5.92 Å². The van der Waals surface area contributed by atoms with Crippen molar-refractivity contribution in [2.75, 3.05) is 29.9 Å². The van der Waals surface area contributed by atoms with E-state index in [0.29, 0.717) is 43.0 Å². The fourth-order valence-electron chi connectivity index (χ4n) is 4.26. The van der Waals surface area contributed by atoms with Gasteiger partial charge in [-0.05, 0) is 55.4 Å². The standard InChI is InChI=1S/C27H31N3O4/c31-26(12-9-20-5-2-1-3-6-20)29-23-10-11-25(28-18-23)30-15-13-21(14-16-30)19-34-24-8-4-7-22(17-24)27(32)33/h1-3,5-7,10-11,17-18,21H,4,8-9,12-16,19H2,(H,29,31)(H,32,33). The number of ether oxygens (including phenoxy) is 1. The lowest BCUT2D eigenvalue weighted by Crippen LogP contribution is -2.35. The Balaban J connectivity index is 1.19. The lowest BCUT2D eigenvalue weighted by Gasteiger charge is -2.33. The van der Waals surface area contributed by atoms with Gasteiger partial charge in [-0.2, -0.15) is 0 Å². The van der Waals surface area contributed by atoms with Crippen LogP contribution in [0.4, 0.5) is 11.5 Å². The number of amides is 1. The van der Waals surface area contributed by atoms with Crippen LogP contribution in [0.3, 0.4) is 0 Å². The highest BCUT2D eigenvalue weighted by molar-refractivity contribution is 5.91. The van der Waals surface area contributed by atoms with E-state index in [1.165, 1.54) is 0 Å². The first-order valence-electron chi connectivity index (χ1n) is 11.9. The molecule has 0 radical (unpaired) electrons. The quantitative estimate of drug-likeness (QED) is 0.568. The maximum atomic E-state index is 12.2. The van der Waals surface area contributed by atoms with E-state index in [1.54, 1.807) is 18.3 Å². The Morgan fingerprint density at radius 1 is 1.12 bits per heavy atom. The summed E-state index contributed by atoms with van der Waals surface area (Å²) in [6, 6.07) is 13.8. The van der Waals surface area contributed by atoms with Crippen LogP contribution in [-0.2, 0) is 20.7 Å². The van der Waals surface area contributed by atoms with E-state index < -0.39 is 5.97 Å². The molecule has 1 aromatic carbocycles. The van der Waals surface area contributed by atoms with Crippen LogP contribution in [0.5, 0.6) is 0 Å². The van der Waals surface area contributed by atoms with Crippen molar-refractivity contribution in [3.05, 3.63) is 77.7 Å². The zero-order valence-electron chi connectivity index (χ0n) is 19.3. The number of aromatic nitrogens is 1. The van der Waals surface area contributed by atoms with Crippen LogP contribution < -0.4 is 10.2 Å². The molecule has 2 aromatic rings. The Kier molecular flexibility index (Phi) is 7.96. The van der Waals surface area contributed by atoms with E-state index in [2.05, 4.69) is 15.2 Å². The third-order valence-corrected chi connectivity index (χ3v) is 6.28. The number of nitrogens with zero attached hydrogens (tertiary/aromatic N) is 2. The zero-order valence-corrected chi connectivity index (χ0v) is 19.3. The van der Waals surface area contributed by atoms with Crippen LogP contribution in [0.15, 0.2) is 72.1 Å². The van der Waals surface area contributed by atoms with Gasteiger partial charge in [-0.25, -0.2) is 9.78 Å². The SMILES string of the molecule is O=C(CCc1ccccc1)Nc1ccc(N2CCC(COC3=CC(C(=O)O)=CCC3)CC2)nc1. The number of allylic oxidation sites excluding steroid dienone is 2.